The zero-order valence-corrected chi connectivity index (χ0v) is 12.9. The Hall–Kier alpha value is -2.93. The summed E-state index contributed by atoms with van der Waals surface area (Å²) < 4.78 is 23.9. The molecule has 122 valence electrons. The van der Waals surface area contributed by atoms with Crippen molar-refractivity contribution in [2.75, 3.05) is 0 Å². The lowest BCUT2D eigenvalue weighted by Crippen LogP contribution is -2.00. The summed E-state index contributed by atoms with van der Waals surface area (Å²) in [6.07, 6.45) is 1.37. The minimum Gasteiger partial charge on any atom is -0.480 e. The fourth-order valence-electron chi connectivity index (χ4n) is 2.00. The number of benzene rings is 2. The highest BCUT2D eigenvalue weighted by Crippen LogP contribution is 2.28. The van der Waals surface area contributed by atoms with E-state index in [1.807, 2.05) is 0 Å². The summed E-state index contributed by atoms with van der Waals surface area (Å²) in [5.41, 5.74) is 0.818. The SMILES string of the molecule is O=[N+]([O-])c1ccc(F)cc1OCc1coc(-c2ccc(Cl)cc2)n1. The quantitative estimate of drug-likeness (QED) is 0.496. The molecule has 1 aromatic heterocycles. The Bertz CT molecular complexity index is 880. The van der Waals surface area contributed by atoms with E-state index >= 15 is 0 Å². The molecule has 3 aromatic rings. The molecule has 0 unspecified atom stereocenters. The molecule has 0 N–H and O–H groups in total. The van der Waals surface area contributed by atoms with Gasteiger partial charge in [-0.25, -0.2) is 9.37 Å². The highest BCUT2D eigenvalue weighted by Gasteiger charge is 2.17. The molecule has 0 amide bonds. The molecular weight excluding hydrogens is 339 g/mol. The summed E-state index contributed by atoms with van der Waals surface area (Å²) in [5.74, 6) is -0.437. The summed E-state index contributed by atoms with van der Waals surface area (Å²) in [4.78, 5) is 14.5. The third-order valence-electron chi connectivity index (χ3n) is 3.14. The first kappa shape index (κ1) is 15.9. The first-order valence-electron chi connectivity index (χ1n) is 6.80. The van der Waals surface area contributed by atoms with Gasteiger partial charge in [-0.05, 0) is 30.3 Å². The molecule has 8 heteroatoms. The molecule has 1 heterocycles. The smallest absolute Gasteiger partial charge is 0.311 e. The molecule has 0 radical (unpaired) electrons. The van der Waals surface area contributed by atoms with Crippen molar-refractivity contribution in [2.24, 2.45) is 0 Å². The average Bonchev–Trinajstić information content (AvgIpc) is 3.02. The van der Waals surface area contributed by atoms with Crippen LogP contribution in [-0.4, -0.2) is 9.91 Å². The van der Waals surface area contributed by atoms with Crippen LogP contribution in [-0.2, 0) is 6.61 Å². The first-order chi connectivity index (χ1) is 11.5. The number of halogens is 2. The molecule has 0 aliphatic rings. The molecule has 0 aliphatic heterocycles. The Morgan fingerprint density at radius 3 is 2.71 bits per heavy atom. The van der Waals surface area contributed by atoms with Gasteiger partial charge in [-0.15, -0.1) is 0 Å². The van der Waals surface area contributed by atoms with Gasteiger partial charge >= 0.3 is 5.69 Å². The highest BCUT2D eigenvalue weighted by molar-refractivity contribution is 6.30. The Kier molecular flexibility index (Phi) is 4.43. The summed E-state index contributed by atoms with van der Waals surface area (Å²) in [5, 5.41) is 11.5. The van der Waals surface area contributed by atoms with Crippen molar-refractivity contribution in [3.63, 3.8) is 0 Å². The second kappa shape index (κ2) is 6.67. The number of rotatable bonds is 5. The minimum absolute atomic E-state index is 0.0959. The van der Waals surface area contributed by atoms with Crippen molar-refractivity contribution in [3.8, 4) is 17.2 Å². The van der Waals surface area contributed by atoms with Crippen LogP contribution in [0.1, 0.15) is 5.69 Å². The molecule has 3 rings (SSSR count). The van der Waals surface area contributed by atoms with Crippen molar-refractivity contribution < 1.29 is 18.5 Å². The molecule has 0 bridgehead atoms. The van der Waals surface area contributed by atoms with Crippen molar-refractivity contribution in [1.29, 1.82) is 0 Å². The number of aromatic nitrogens is 1. The second-order valence-corrected chi connectivity index (χ2v) is 5.25. The van der Waals surface area contributed by atoms with Crippen LogP contribution >= 0.6 is 11.6 Å². The van der Waals surface area contributed by atoms with Gasteiger partial charge in [0.05, 0.1) is 4.92 Å². The molecule has 24 heavy (non-hydrogen) atoms. The molecular formula is C16H10ClFN2O4. The van der Waals surface area contributed by atoms with E-state index < -0.39 is 10.7 Å². The Morgan fingerprint density at radius 1 is 1.25 bits per heavy atom. The van der Waals surface area contributed by atoms with Crippen LogP contribution in [0, 0.1) is 15.9 Å². The van der Waals surface area contributed by atoms with Gasteiger partial charge in [-0.1, -0.05) is 11.6 Å². The average molecular weight is 349 g/mol. The van der Waals surface area contributed by atoms with Crippen LogP contribution in [0.4, 0.5) is 10.1 Å². The topological polar surface area (TPSA) is 78.4 Å². The Morgan fingerprint density at radius 2 is 2.00 bits per heavy atom. The van der Waals surface area contributed by atoms with Gasteiger partial charge in [0, 0.05) is 22.7 Å². The van der Waals surface area contributed by atoms with Gasteiger partial charge in [0.25, 0.3) is 0 Å². The largest absolute Gasteiger partial charge is 0.480 e. The number of nitro benzene ring substituents is 1. The van der Waals surface area contributed by atoms with Crippen molar-refractivity contribution in [1.82, 2.24) is 4.98 Å². The standard InChI is InChI=1S/C16H10ClFN2O4/c17-11-3-1-10(2-4-11)16-19-13(9-24-16)8-23-15-7-12(18)5-6-14(15)20(21)22/h1-7,9H,8H2. The number of ether oxygens (including phenoxy) is 1. The van der Waals surface area contributed by atoms with Crippen molar-refractivity contribution >= 4 is 17.3 Å². The van der Waals surface area contributed by atoms with E-state index in [4.69, 9.17) is 20.8 Å². The van der Waals surface area contributed by atoms with E-state index in [1.54, 1.807) is 24.3 Å². The second-order valence-electron chi connectivity index (χ2n) is 4.81. The Balaban J connectivity index is 1.75. The number of nitrogens with zero attached hydrogens (tertiary/aromatic N) is 2. The molecule has 6 nitrogen and oxygen atoms in total. The number of nitro groups is 1. The molecule has 0 spiro atoms. The minimum atomic E-state index is -0.642. The lowest BCUT2D eigenvalue weighted by atomic mass is 10.2. The summed E-state index contributed by atoms with van der Waals surface area (Å²) in [6.45, 7) is -0.0959. The Labute approximate surface area is 140 Å². The fourth-order valence-corrected chi connectivity index (χ4v) is 2.13. The summed E-state index contributed by atoms with van der Waals surface area (Å²) in [7, 11) is 0. The molecule has 0 saturated carbocycles. The van der Waals surface area contributed by atoms with Crippen molar-refractivity contribution in [3.05, 3.63) is 75.4 Å². The zero-order chi connectivity index (χ0) is 17.1. The van der Waals surface area contributed by atoms with Gasteiger partial charge in [0.2, 0.25) is 5.89 Å². The van der Waals surface area contributed by atoms with E-state index in [0.29, 0.717) is 16.6 Å². The van der Waals surface area contributed by atoms with Crippen LogP contribution in [0.2, 0.25) is 5.02 Å². The van der Waals surface area contributed by atoms with E-state index in [9.17, 15) is 14.5 Å². The van der Waals surface area contributed by atoms with Gasteiger partial charge in [-0.3, -0.25) is 10.1 Å². The van der Waals surface area contributed by atoms with E-state index in [1.165, 1.54) is 6.26 Å². The van der Waals surface area contributed by atoms with E-state index in [2.05, 4.69) is 4.98 Å². The normalized spacial score (nSPS) is 10.6. The van der Waals surface area contributed by atoms with Gasteiger partial charge in [0.1, 0.15) is 24.4 Å². The van der Waals surface area contributed by atoms with Crippen LogP contribution in [0.25, 0.3) is 11.5 Å². The van der Waals surface area contributed by atoms with Crippen LogP contribution in [0.5, 0.6) is 5.75 Å². The maximum absolute atomic E-state index is 13.2. The predicted octanol–water partition coefficient (Wildman–Crippen LogP) is 4.62. The monoisotopic (exact) mass is 348 g/mol. The lowest BCUT2D eigenvalue weighted by Gasteiger charge is -2.04. The lowest BCUT2D eigenvalue weighted by molar-refractivity contribution is -0.386. The van der Waals surface area contributed by atoms with Gasteiger partial charge in [0.15, 0.2) is 5.75 Å². The summed E-state index contributed by atoms with van der Waals surface area (Å²) >= 11 is 5.82. The molecule has 0 fully saturated rings. The third-order valence-corrected chi connectivity index (χ3v) is 3.39. The number of hydrogen-bond acceptors (Lipinski definition) is 5. The molecule has 0 saturated heterocycles. The van der Waals surface area contributed by atoms with E-state index in [-0.39, 0.29) is 18.0 Å². The molecule has 0 atom stereocenters. The van der Waals surface area contributed by atoms with Crippen LogP contribution < -0.4 is 4.74 Å². The first-order valence-corrected chi connectivity index (χ1v) is 7.18. The predicted molar refractivity (Wildman–Crippen MR) is 84.3 cm³/mol. The van der Waals surface area contributed by atoms with Crippen LogP contribution in [0.3, 0.4) is 0 Å². The maximum Gasteiger partial charge on any atom is 0.311 e. The molecule has 2 aromatic carbocycles. The third kappa shape index (κ3) is 3.52. The summed E-state index contributed by atoms with van der Waals surface area (Å²) in [6, 6.07) is 9.90. The number of oxazole rings is 1. The van der Waals surface area contributed by atoms with Crippen LogP contribution in [0.15, 0.2) is 53.1 Å². The van der Waals surface area contributed by atoms with E-state index in [0.717, 1.165) is 23.8 Å². The fraction of sp³-hybridized carbons (Fsp3) is 0.0625. The van der Waals surface area contributed by atoms with Crippen molar-refractivity contribution in [2.45, 2.75) is 6.61 Å². The van der Waals surface area contributed by atoms with Gasteiger partial charge in [-0.2, -0.15) is 0 Å². The highest BCUT2D eigenvalue weighted by atomic mass is 35.5. The maximum atomic E-state index is 13.2. The van der Waals surface area contributed by atoms with Gasteiger partial charge < -0.3 is 9.15 Å². The number of hydrogen-bond donors (Lipinski definition) is 0. The zero-order valence-electron chi connectivity index (χ0n) is 12.1. The molecule has 0 aliphatic carbocycles.